The summed E-state index contributed by atoms with van der Waals surface area (Å²) >= 11 is 0. The Hall–Kier alpha value is -0.900. The first-order valence-corrected chi connectivity index (χ1v) is 7.13. The molecular formula is C15H23N3. The summed E-state index contributed by atoms with van der Waals surface area (Å²) in [6.45, 7) is 5.85. The molecule has 0 saturated carbocycles. The topological polar surface area (TPSA) is 27.3 Å². The van der Waals surface area contributed by atoms with Crippen LogP contribution in [0.2, 0.25) is 0 Å². The molecule has 98 valence electrons. The van der Waals surface area contributed by atoms with Gasteiger partial charge in [-0.15, -0.1) is 0 Å². The lowest BCUT2D eigenvalue weighted by atomic mass is 10.2. The molecule has 0 radical (unpaired) electrons. The summed E-state index contributed by atoms with van der Waals surface area (Å²) in [5.41, 5.74) is 1.43. The Morgan fingerprint density at radius 3 is 2.83 bits per heavy atom. The number of likely N-dealkylation sites (tertiary alicyclic amines) is 1. The summed E-state index contributed by atoms with van der Waals surface area (Å²) in [6, 6.07) is 12.2. The second kappa shape index (κ2) is 5.83. The average Bonchev–Trinajstić information content (AvgIpc) is 3.03. The first kappa shape index (κ1) is 12.2. The third-order valence-corrected chi connectivity index (χ3v) is 4.05. The zero-order chi connectivity index (χ0) is 12.2. The Morgan fingerprint density at radius 1 is 1.17 bits per heavy atom. The third-order valence-electron chi connectivity index (χ3n) is 4.05. The smallest absolute Gasteiger partial charge is 0.0234 e. The van der Waals surface area contributed by atoms with Gasteiger partial charge in [0.1, 0.15) is 0 Å². The van der Waals surface area contributed by atoms with Gasteiger partial charge in [0.05, 0.1) is 0 Å². The van der Waals surface area contributed by atoms with E-state index in [1.807, 2.05) is 0 Å². The van der Waals surface area contributed by atoms with Gasteiger partial charge in [0.15, 0.2) is 0 Å². The molecule has 2 saturated heterocycles. The summed E-state index contributed by atoms with van der Waals surface area (Å²) < 4.78 is 0. The van der Waals surface area contributed by atoms with Gasteiger partial charge in [-0.25, -0.2) is 0 Å². The normalized spacial score (nSPS) is 28.9. The van der Waals surface area contributed by atoms with Crippen molar-refractivity contribution in [3.63, 3.8) is 0 Å². The number of rotatable bonds is 4. The fourth-order valence-electron chi connectivity index (χ4n) is 3.08. The third kappa shape index (κ3) is 3.10. The number of nitrogens with one attached hydrogen (secondary N) is 2. The molecule has 3 rings (SSSR count). The minimum Gasteiger partial charge on any atom is -0.315 e. The number of hydrogen-bond acceptors (Lipinski definition) is 3. The lowest BCUT2D eigenvalue weighted by Crippen LogP contribution is -2.41. The molecule has 3 nitrogen and oxygen atoms in total. The van der Waals surface area contributed by atoms with Gasteiger partial charge in [-0.3, -0.25) is 4.90 Å². The van der Waals surface area contributed by atoms with E-state index in [-0.39, 0.29) is 0 Å². The van der Waals surface area contributed by atoms with E-state index in [2.05, 4.69) is 45.9 Å². The Bertz CT molecular complexity index is 359. The molecule has 0 aliphatic carbocycles. The maximum absolute atomic E-state index is 3.79. The van der Waals surface area contributed by atoms with E-state index in [1.54, 1.807) is 0 Å². The highest BCUT2D eigenvalue weighted by Crippen LogP contribution is 2.14. The van der Waals surface area contributed by atoms with Gasteiger partial charge in [0.2, 0.25) is 0 Å². The van der Waals surface area contributed by atoms with Crippen LogP contribution < -0.4 is 10.6 Å². The molecule has 2 atom stereocenters. The maximum Gasteiger partial charge on any atom is 0.0234 e. The highest BCUT2D eigenvalue weighted by molar-refractivity contribution is 5.14. The zero-order valence-electron chi connectivity index (χ0n) is 10.9. The molecule has 1 aromatic rings. The molecule has 2 N–H and O–H groups in total. The maximum atomic E-state index is 3.79. The molecule has 0 amide bonds. The van der Waals surface area contributed by atoms with Gasteiger partial charge in [0, 0.05) is 38.3 Å². The molecule has 0 spiro atoms. The molecule has 2 aliphatic heterocycles. The van der Waals surface area contributed by atoms with Crippen LogP contribution in [0.25, 0.3) is 0 Å². The number of nitrogens with zero attached hydrogens (tertiary/aromatic N) is 1. The van der Waals surface area contributed by atoms with Crippen molar-refractivity contribution in [3.05, 3.63) is 35.9 Å². The van der Waals surface area contributed by atoms with Crippen molar-refractivity contribution in [3.8, 4) is 0 Å². The zero-order valence-corrected chi connectivity index (χ0v) is 10.9. The van der Waals surface area contributed by atoms with Crippen LogP contribution >= 0.6 is 0 Å². The second-order valence-corrected chi connectivity index (χ2v) is 5.56. The SMILES string of the molecule is c1ccc(CN2CCC(NC3CCNC3)C2)cc1. The van der Waals surface area contributed by atoms with E-state index >= 15 is 0 Å². The quantitative estimate of drug-likeness (QED) is 0.835. The minimum atomic E-state index is 0.693. The first-order valence-electron chi connectivity index (χ1n) is 7.13. The lowest BCUT2D eigenvalue weighted by molar-refractivity contribution is 0.315. The van der Waals surface area contributed by atoms with Gasteiger partial charge in [-0.05, 0) is 24.9 Å². The van der Waals surface area contributed by atoms with Crippen molar-refractivity contribution in [2.45, 2.75) is 31.5 Å². The molecule has 0 aromatic heterocycles. The fourth-order valence-corrected chi connectivity index (χ4v) is 3.08. The standard InChI is InChI=1S/C15H23N3/c1-2-4-13(5-3-1)11-18-9-7-15(12-18)17-14-6-8-16-10-14/h1-5,14-17H,6-12H2. The largest absolute Gasteiger partial charge is 0.315 e. The molecule has 2 fully saturated rings. The molecular weight excluding hydrogens is 222 g/mol. The Labute approximate surface area is 110 Å². The molecule has 2 aliphatic rings. The van der Waals surface area contributed by atoms with Crippen LogP contribution in [0.1, 0.15) is 18.4 Å². The van der Waals surface area contributed by atoms with E-state index in [1.165, 1.54) is 38.0 Å². The van der Waals surface area contributed by atoms with Crippen molar-refractivity contribution in [2.75, 3.05) is 26.2 Å². The van der Waals surface area contributed by atoms with Crippen LogP contribution in [0.4, 0.5) is 0 Å². The van der Waals surface area contributed by atoms with Crippen LogP contribution in [0.15, 0.2) is 30.3 Å². The summed E-state index contributed by atoms with van der Waals surface area (Å²) in [7, 11) is 0. The average molecular weight is 245 g/mol. The van der Waals surface area contributed by atoms with E-state index in [0.29, 0.717) is 12.1 Å². The fraction of sp³-hybridized carbons (Fsp3) is 0.600. The van der Waals surface area contributed by atoms with Crippen LogP contribution in [-0.2, 0) is 6.54 Å². The van der Waals surface area contributed by atoms with Gasteiger partial charge in [0.25, 0.3) is 0 Å². The number of benzene rings is 1. The summed E-state index contributed by atoms with van der Waals surface area (Å²) in [5.74, 6) is 0. The second-order valence-electron chi connectivity index (χ2n) is 5.56. The minimum absolute atomic E-state index is 0.693. The number of hydrogen-bond donors (Lipinski definition) is 2. The molecule has 18 heavy (non-hydrogen) atoms. The van der Waals surface area contributed by atoms with E-state index in [0.717, 1.165) is 13.1 Å². The highest BCUT2D eigenvalue weighted by atomic mass is 15.2. The summed E-state index contributed by atoms with van der Waals surface area (Å²) in [5, 5.41) is 7.21. The van der Waals surface area contributed by atoms with Gasteiger partial charge >= 0.3 is 0 Å². The summed E-state index contributed by atoms with van der Waals surface area (Å²) in [6.07, 6.45) is 2.58. The highest BCUT2D eigenvalue weighted by Gasteiger charge is 2.25. The van der Waals surface area contributed by atoms with Gasteiger partial charge < -0.3 is 10.6 Å². The lowest BCUT2D eigenvalue weighted by Gasteiger charge is -2.19. The molecule has 2 heterocycles. The van der Waals surface area contributed by atoms with E-state index < -0.39 is 0 Å². The van der Waals surface area contributed by atoms with Crippen molar-refractivity contribution in [1.29, 1.82) is 0 Å². The Kier molecular flexibility index (Phi) is 3.93. The van der Waals surface area contributed by atoms with E-state index in [9.17, 15) is 0 Å². The van der Waals surface area contributed by atoms with Crippen LogP contribution in [0, 0.1) is 0 Å². The monoisotopic (exact) mass is 245 g/mol. The Balaban J connectivity index is 1.46. The van der Waals surface area contributed by atoms with Crippen LogP contribution in [0.3, 0.4) is 0 Å². The molecule has 0 bridgehead atoms. The van der Waals surface area contributed by atoms with Crippen molar-refractivity contribution >= 4 is 0 Å². The molecule has 1 aromatic carbocycles. The van der Waals surface area contributed by atoms with Gasteiger partial charge in [-0.1, -0.05) is 30.3 Å². The van der Waals surface area contributed by atoms with Crippen LogP contribution in [0.5, 0.6) is 0 Å². The van der Waals surface area contributed by atoms with E-state index in [4.69, 9.17) is 0 Å². The summed E-state index contributed by atoms with van der Waals surface area (Å²) in [4.78, 5) is 2.56. The Morgan fingerprint density at radius 2 is 2.06 bits per heavy atom. The molecule has 2 unspecified atom stereocenters. The van der Waals surface area contributed by atoms with Crippen molar-refractivity contribution in [2.24, 2.45) is 0 Å². The van der Waals surface area contributed by atoms with Crippen molar-refractivity contribution < 1.29 is 0 Å². The molecule has 3 heteroatoms. The van der Waals surface area contributed by atoms with Crippen LogP contribution in [-0.4, -0.2) is 43.2 Å². The predicted molar refractivity (Wildman–Crippen MR) is 74.5 cm³/mol. The predicted octanol–water partition coefficient (Wildman–Crippen LogP) is 1.21. The van der Waals surface area contributed by atoms with Crippen molar-refractivity contribution in [1.82, 2.24) is 15.5 Å². The first-order chi connectivity index (χ1) is 8.90. The van der Waals surface area contributed by atoms with Gasteiger partial charge in [-0.2, -0.15) is 0 Å².